The molecule has 1 aromatic carbocycles. The average molecular weight is 313 g/mol. The summed E-state index contributed by atoms with van der Waals surface area (Å²) in [6.45, 7) is 1.05. The molecule has 4 heteroatoms. The highest BCUT2D eigenvalue weighted by atomic mass is 16.5. The molecule has 122 valence electrons. The predicted octanol–water partition coefficient (Wildman–Crippen LogP) is 2.95. The Hall–Kier alpha value is -1.97. The first-order chi connectivity index (χ1) is 11.2. The molecular formula is C19H25N2O2+. The second-order valence-corrected chi connectivity index (χ2v) is 6.69. The first kappa shape index (κ1) is 14.6. The van der Waals surface area contributed by atoms with Gasteiger partial charge < -0.3 is 15.2 Å². The van der Waals surface area contributed by atoms with Crippen molar-refractivity contribution < 1.29 is 14.0 Å². The van der Waals surface area contributed by atoms with Gasteiger partial charge in [0.2, 0.25) is 0 Å². The third kappa shape index (κ3) is 2.15. The summed E-state index contributed by atoms with van der Waals surface area (Å²) in [6.07, 6.45) is 6.83. The van der Waals surface area contributed by atoms with E-state index in [-0.39, 0.29) is 0 Å². The highest BCUT2D eigenvalue weighted by Crippen LogP contribution is 2.43. The predicted molar refractivity (Wildman–Crippen MR) is 90.4 cm³/mol. The van der Waals surface area contributed by atoms with Gasteiger partial charge in [0.15, 0.2) is 23.3 Å². The van der Waals surface area contributed by atoms with E-state index in [2.05, 4.69) is 10.6 Å². The molecule has 1 saturated carbocycles. The summed E-state index contributed by atoms with van der Waals surface area (Å²) >= 11 is 0. The Morgan fingerprint density at radius 1 is 1.09 bits per heavy atom. The molecule has 0 spiro atoms. The van der Waals surface area contributed by atoms with E-state index in [0.717, 1.165) is 43.0 Å². The van der Waals surface area contributed by atoms with Crippen LogP contribution in [0.2, 0.25) is 0 Å². The first-order valence-electron chi connectivity index (χ1n) is 8.58. The van der Waals surface area contributed by atoms with Crippen LogP contribution in [0, 0.1) is 0 Å². The molecule has 2 N–H and O–H groups in total. The summed E-state index contributed by atoms with van der Waals surface area (Å²) in [5.41, 5.74) is 13.2. The summed E-state index contributed by atoms with van der Waals surface area (Å²) in [6, 6.07) is 4.59. The average Bonchev–Trinajstić information content (AvgIpc) is 2.60. The largest absolute Gasteiger partial charge is 0.493 e. The normalized spacial score (nSPS) is 23.1. The molecule has 1 aromatic rings. The summed E-state index contributed by atoms with van der Waals surface area (Å²) in [7, 11) is 3.43. The summed E-state index contributed by atoms with van der Waals surface area (Å²) in [5.74, 6) is 1.72. The molecule has 0 radical (unpaired) electrons. The van der Waals surface area contributed by atoms with Crippen LogP contribution >= 0.6 is 0 Å². The van der Waals surface area contributed by atoms with Crippen LogP contribution in [0.15, 0.2) is 23.4 Å². The van der Waals surface area contributed by atoms with Gasteiger partial charge in [-0.1, -0.05) is 0 Å². The lowest BCUT2D eigenvalue weighted by Gasteiger charge is -2.33. The number of hydrogen-bond acceptors (Lipinski definition) is 3. The van der Waals surface area contributed by atoms with Crippen molar-refractivity contribution in [2.24, 2.45) is 5.73 Å². The number of nitrogens with zero attached hydrogens (tertiary/aromatic N) is 1. The molecule has 1 fully saturated rings. The number of hydrogen-bond donors (Lipinski definition) is 1. The topological polar surface area (TPSA) is 47.5 Å². The van der Waals surface area contributed by atoms with Crippen LogP contribution in [-0.4, -0.2) is 31.1 Å². The lowest BCUT2D eigenvalue weighted by atomic mass is 9.81. The number of ether oxygens (including phenoxy) is 2. The SMILES string of the molecule is COc1ccc2c(c1OC)CC[N+]1=C3CCCCC3=C(N)CC21. The lowest BCUT2D eigenvalue weighted by Crippen LogP contribution is -2.39. The number of allylic oxidation sites excluding steroid dienone is 1. The zero-order valence-corrected chi connectivity index (χ0v) is 14.0. The van der Waals surface area contributed by atoms with Crippen molar-refractivity contribution in [1.29, 1.82) is 0 Å². The minimum Gasteiger partial charge on any atom is -0.493 e. The molecule has 0 bridgehead atoms. The fraction of sp³-hybridized carbons (Fsp3) is 0.526. The molecule has 1 aliphatic carbocycles. The van der Waals surface area contributed by atoms with Gasteiger partial charge in [-0.15, -0.1) is 0 Å². The third-order valence-electron chi connectivity index (χ3n) is 5.61. The van der Waals surface area contributed by atoms with E-state index in [0.29, 0.717) is 6.04 Å². The van der Waals surface area contributed by atoms with E-state index in [4.69, 9.17) is 15.2 Å². The Bertz CT molecular complexity index is 718. The Balaban J connectivity index is 1.84. The highest BCUT2D eigenvalue weighted by Gasteiger charge is 2.41. The quantitative estimate of drug-likeness (QED) is 0.854. The molecule has 0 saturated heterocycles. The molecular weight excluding hydrogens is 288 g/mol. The van der Waals surface area contributed by atoms with Gasteiger partial charge in [0, 0.05) is 35.2 Å². The maximum Gasteiger partial charge on any atom is 0.184 e. The number of nitrogens with two attached hydrogens (primary N) is 1. The summed E-state index contributed by atoms with van der Waals surface area (Å²) in [5, 5.41) is 0. The van der Waals surface area contributed by atoms with Gasteiger partial charge >= 0.3 is 0 Å². The number of methoxy groups -OCH3 is 2. The van der Waals surface area contributed by atoms with Gasteiger partial charge in [-0.25, -0.2) is 4.58 Å². The Kier molecular flexibility index (Phi) is 3.55. The Morgan fingerprint density at radius 3 is 2.70 bits per heavy atom. The van der Waals surface area contributed by atoms with Gasteiger partial charge in [-0.05, 0) is 31.4 Å². The van der Waals surface area contributed by atoms with E-state index < -0.39 is 0 Å². The summed E-state index contributed by atoms with van der Waals surface area (Å²) < 4.78 is 13.7. The molecule has 1 atom stereocenters. The molecule has 3 aliphatic rings. The van der Waals surface area contributed by atoms with Crippen molar-refractivity contribution >= 4 is 5.71 Å². The molecule has 4 rings (SSSR count). The zero-order valence-electron chi connectivity index (χ0n) is 14.0. The second-order valence-electron chi connectivity index (χ2n) is 6.69. The molecule has 2 aliphatic heterocycles. The second kappa shape index (κ2) is 5.59. The number of benzene rings is 1. The molecule has 0 aromatic heterocycles. The van der Waals surface area contributed by atoms with Crippen LogP contribution < -0.4 is 15.2 Å². The number of fused-ring (bicyclic) bond motifs is 4. The van der Waals surface area contributed by atoms with Gasteiger partial charge in [0.25, 0.3) is 0 Å². The van der Waals surface area contributed by atoms with Crippen molar-refractivity contribution in [3.8, 4) is 11.5 Å². The van der Waals surface area contributed by atoms with Crippen LogP contribution in [0.3, 0.4) is 0 Å². The van der Waals surface area contributed by atoms with Crippen LogP contribution in [0.25, 0.3) is 0 Å². The van der Waals surface area contributed by atoms with Gasteiger partial charge in [-0.2, -0.15) is 0 Å². The maximum absolute atomic E-state index is 6.46. The van der Waals surface area contributed by atoms with Crippen molar-refractivity contribution in [3.05, 3.63) is 34.5 Å². The minimum absolute atomic E-state index is 0.357. The van der Waals surface area contributed by atoms with Crippen molar-refractivity contribution in [3.63, 3.8) is 0 Å². The monoisotopic (exact) mass is 313 g/mol. The molecule has 23 heavy (non-hydrogen) atoms. The minimum atomic E-state index is 0.357. The van der Waals surface area contributed by atoms with Crippen LogP contribution in [-0.2, 0) is 6.42 Å². The standard InChI is InChI=1S/C19H24N2O2/c1-22-18-8-7-12-13(19(18)23-2)9-10-21-16-6-4-3-5-14(16)15(20)11-17(12)21/h7-8,17,20H,3-6,9-11H2,1-2H3/p+1. The van der Waals surface area contributed by atoms with E-state index >= 15 is 0 Å². The first-order valence-corrected chi connectivity index (χ1v) is 8.58. The van der Waals surface area contributed by atoms with Crippen LogP contribution in [0.5, 0.6) is 11.5 Å². The van der Waals surface area contributed by atoms with E-state index in [1.807, 2.05) is 6.07 Å². The van der Waals surface area contributed by atoms with Gasteiger partial charge in [0.05, 0.1) is 20.6 Å². The van der Waals surface area contributed by atoms with E-state index in [9.17, 15) is 0 Å². The molecule has 4 nitrogen and oxygen atoms in total. The zero-order chi connectivity index (χ0) is 16.0. The van der Waals surface area contributed by atoms with Crippen molar-refractivity contribution in [1.82, 2.24) is 0 Å². The lowest BCUT2D eigenvalue weighted by molar-refractivity contribution is -0.578. The fourth-order valence-corrected chi connectivity index (χ4v) is 4.56. The number of rotatable bonds is 2. The molecule has 0 amide bonds. The Morgan fingerprint density at radius 2 is 1.91 bits per heavy atom. The summed E-state index contributed by atoms with van der Waals surface area (Å²) in [4.78, 5) is 0. The van der Waals surface area contributed by atoms with Crippen LogP contribution in [0.1, 0.15) is 49.3 Å². The fourth-order valence-electron chi connectivity index (χ4n) is 4.56. The highest BCUT2D eigenvalue weighted by molar-refractivity contribution is 5.98. The van der Waals surface area contributed by atoms with Crippen molar-refractivity contribution in [2.45, 2.75) is 44.6 Å². The third-order valence-corrected chi connectivity index (χ3v) is 5.61. The smallest absolute Gasteiger partial charge is 0.184 e. The Labute approximate surface area is 137 Å². The van der Waals surface area contributed by atoms with Crippen molar-refractivity contribution in [2.75, 3.05) is 20.8 Å². The van der Waals surface area contributed by atoms with E-state index in [1.54, 1.807) is 14.2 Å². The van der Waals surface area contributed by atoms with Crippen LogP contribution in [0.4, 0.5) is 0 Å². The molecule has 2 heterocycles. The van der Waals surface area contributed by atoms with Gasteiger partial charge in [-0.3, -0.25) is 0 Å². The maximum atomic E-state index is 6.46. The molecule has 1 unspecified atom stereocenters. The van der Waals surface area contributed by atoms with Gasteiger partial charge in [0.1, 0.15) is 6.54 Å². The van der Waals surface area contributed by atoms with E-state index in [1.165, 1.54) is 41.7 Å².